The number of fused-ring (bicyclic) bond motifs is 3. The molecule has 0 radical (unpaired) electrons. The number of amides is 1. The average Bonchev–Trinajstić information content (AvgIpc) is 2.75. The summed E-state index contributed by atoms with van der Waals surface area (Å²) in [6, 6.07) is -0.162. The van der Waals surface area contributed by atoms with E-state index in [1.165, 1.54) is 25.1 Å². The Kier molecular flexibility index (Phi) is 5.05. The molecule has 13 nitrogen and oxygen atoms in total. The van der Waals surface area contributed by atoms with Crippen LogP contribution in [0.5, 0.6) is 5.75 Å². The lowest BCUT2D eigenvalue weighted by molar-refractivity contribution is -0.161. The van der Waals surface area contributed by atoms with Gasteiger partial charge in [-0.2, -0.15) is 5.11 Å². The number of nitrogens with zero attached hydrogens (tertiary/aromatic N) is 2. The summed E-state index contributed by atoms with van der Waals surface area (Å²) in [6.45, 7) is 0. The lowest BCUT2D eigenvalue weighted by Gasteiger charge is -2.52. The highest BCUT2D eigenvalue weighted by Gasteiger charge is 2.66. The van der Waals surface area contributed by atoms with Crippen LogP contribution in [0.3, 0.4) is 0 Å². The van der Waals surface area contributed by atoms with Crippen LogP contribution in [0.2, 0.25) is 0 Å². The van der Waals surface area contributed by atoms with Crippen molar-refractivity contribution in [2.24, 2.45) is 22.7 Å². The standard InChI is InChI=1S/C21H23N5O8/c1-26(2)13-12-14(27)6-3-5-7(22)4-8(25-24)15(28)9(5)16(29)10(6)18(31)21(12,34)19(32)11(17(13)30)20(23)33/h4,6,12-14,24,27-28,30-31,34H,3,22H2,1-2H3,(H2,23,33)/t6?,12?,13-,14-,21-/m0/s1. The number of carbonyl (C=O) groups excluding carboxylic acids is 3. The third-order valence-corrected chi connectivity index (χ3v) is 6.94. The molecule has 13 heteroatoms. The number of aliphatic hydroxyl groups excluding tert-OH is 3. The molecule has 3 aliphatic rings. The molecule has 0 fully saturated rings. The van der Waals surface area contributed by atoms with E-state index < -0.39 is 75.5 Å². The van der Waals surface area contributed by atoms with Crippen LogP contribution in [0.25, 0.3) is 0 Å². The first-order valence-corrected chi connectivity index (χ1v) is 10.1. The Hall–Kier alpha value is -3.81. The van der Waals surface area contributed by atoms with Crippen molar-refractivity contribution in [3.05, 3.63) is 39.9 Å². The van der Waals surface area contributed by atoms with Gasteiger partial charge in [0.1, 0.15) is 22.8 Å². The predicted octanol–water partition coefficient (Wildman–Crippen LogP) is -0.664. The number of phenolic OH excluding ortho intramolecular Hbond substituents is 1. The molecule has 0 saturated carbocycles. The highest BCUT2D eigenvalue weighted by molar-refractivity contribution is 6.25. The van der Waals surface area contributed by atoms with Crippen molar-refractivity contribution in [2.75, 3.05) is 19.8 Å². The maximum absolute atomic E-state index is 13.4. The summed E-state index contributed by atoms with van der Waals surface area (Å²) < 4.78 is 0. The minimum Gasteiger partial charge on any atom is -0.510 e. The number of ketones is 2. The van der Waals surface area contributed by atoms with Gasteiger partial charge in [0.05, 0.1) is 23.6 Å². The van der Waals surface area contributed by atoms with Crippen molar-refractivity contribution in [2.45, 2.75) is 24.2 Å². The Balaban J connectivity index is 2.04. The van der Waals surface area contributed by atoms with Crippen LogP contribution < -0.4 is 11.5 Å². The van der Waals surface area contributed by atoms with Gasteiger partial charge in [-0.15, -0.1) is 0 Å². The number of phenols is 1. The molecule has 34 heavy (non-hydrogen) atoms. The summed E-state index contributed by atoms with van der Waals surface area (Å²) >= 11 is 0. The number of aromatic hydroxyl groups is 1. The largest absolute Gasteiger partial charge is 0.510 e. The van der Waals surface area contributed by atoms with Crippen molar-refractivity contribution in [1.82, 2.24) is 4.90 Å². The number of rotatable bonds is 3. The zero-order valence-corrected chi connectivity index (χ0v) is 18.1. The molecule has 1 aromatic carbocycles. The van der Waals surface area contributed by atoms with E-state index >= 15 is 0 Å². The number of aliphatic hydroxyl groups is 4. The molecule has 0 bridgehead atoms. The van der Waals surface area contributed by atoms with Crippen LogP contribution in [0.4, 0.5) is 11.4 Å². The van der Waals surface area contributed by atoms with Crippen molar-refractivity contribution < 1.29 is 39.9 Å². The topological polar surface area (TPSA) is 244 Å². The van der Waals surface area contributed by atoms with Gasteiger partial charge in [-0.1, -0.05) is 0 Å². The number of likely N-dealkylation sites (N-methyl/N-ethyl adjacent to an activating group) is 1. The van der Waals surface area contributed by atoms with E-state index in [1.54, 1.807) is 0 Å². The fourth-order valence-corrected chi connectivity index (χ4v) is 5.43. The molecular weight excluding hydrogens is 450 g/mol. The number of nitrogen functional groups attached to an aromatic ring is 1. The molecule has 0 heterocycles. The summed E-state index contributed by atoms with van der Waals surface area (Å²) in [4.78, 5) is 39.9. The molecule has 5 atom stereocenters. The lowest BCUT2D eigenvalue weighted by atomic mass is 9.57. The third kappa shape index (κ3) is 2.68. The first-order valence-electron chi connectivity index (χ1n) is 10.1. The Morgan fingerprint density at radius 2 is 1.88 bits per heavy atom. The SMILES string of the molecule is CN(C)[C@@H]1C(O)=C(C(N)=O)C(=O)[C@@]2(O)C(O)=C3C(=O)c4c(O)c(N=N)cc(N)c4CC3[C@H](O)C12. The smallest absolute Gasteiger partial charge is 0.255 e. The Labute approximate surface area is 192 Å². The molecule has 180 valence electrons. The molecule has 0 aromatic heterocycles. The first-order chi connectivity index (χ1) is 15.8. The minimum atomic E-state index is -2.98. The molecule has 0 saturated heterocycles. The van der Waals surface area contributed by atoms with Gasteiger partial charge < -0.3 is 37.0 Å². The molecular formula is C21H23N5O8. The van der Waals surface area contributed by atoms with Gasteiger partial charge in [-0.05, 0) is 32.1 Å². The van der Waals surface area contributed by atoms with E-state index in [9.17, 15) is 39.9 Å². The van der Waals surface area contributed by atoms with Crippen LogP contribution in [0.1, 0.15) is 15.9 Å². The fourth-order valence-electron chi connectivity index (χ4n) is 5.43. The number of benzene rings is 1. The summed E-state index contributed by atoms with van der Waals surface area (Å²) in [5.41, 5.74) is 13.3. The van der Waals surface area contributed by atoms with Crippen LogP contribution >= 0.6 is 0 Å². The molecule has 10 N–H and O–H groups in total. The lowest BCUT2D eigenvalue weighted by Crippen LogP contribution is -2.68. The summed E-state index contributed by atoms with van der Waals surface area (Å²) in [5, 5.41) is 58.3. The van der Waals surface area contributed by atoms with E-state index in [0.29, 0.717) is 0 Å². The number of hydrogen-bond acceptors (Lipinski definition) is 12. The molecule has 0 aliphatic heterocycles. The van der Waals surface area contributed by atoms with Crippen LogP contribution in [0.15, 0.2) is 33.8 Å². The predicted molar refractivity (Wildman–Crippen MR) is 114 cm³/mol. The van der Waals surface area contributed by atoms with Crippen LogP contribution in [0, 0.1) is 17.4 Å². The van der Waals surface area contributed by atoms with Gasteiger partial charge in [0.2, 0.25) is 5.78 Å². The van der Waals surface area contributed by atoms with Crippen LogP contribution in [-0.2, 0) is 16.0 Å². The van der Waals surface area contributed by atoms with Crippen molar-refractivity contribution in [3.63, 3.8) is 0 Å². The zero-order chi connectivity index (χ0) is 25.4. The van der Waals surface area contributed by atoms with Gasteiger partial charge in [-0.3, -0.25) is 19.3 Å². The fraction of sp³-hybridized carbons (Fsp3) is 0.381. The van der Waals surface area contributed by atoms with Crippen LogP contribution in [-0.4, -0.2) is 79.7 Å². The Bertz CT molecular complexity index is 1250. The number of primary amides is 1. The van der Waals surface area contributed by atoms with Crippen molar-refractivity contribution in [1.29, 1.82) is 5.53 Å². The highest BCUT2D eigenvalue weighted by Crippen LogP contribution is 2.53. The second-order valence-corrected chi connectivity index (χ2v) is 8.85. The summed E-state index contributed by atoms with van der Waals surface area (Å²) in [5.74, 6) is -9.28. The second-order valence-electron chi connectivity index (χ2n) is 8.85. The monoisotopic (exact) mass is 473 g/mol. The van der Waals surface area contributed by atoms with Gasteiger partial charge in [0.15, 0.2) is 17.1 Å². The maximum atomic E-state index is 13.4. The number of hydrogen-bond donors (Lipinski definition) is 8. The molecule has 1 amide bonds. The van der Waals surface area contributed by atoms with Crippen molar-refractivity contribution in [3.8, 4) is 5.75 Å². The van der Waals surface area contributed by atoms with Gasteiger partial charge >= 0.3 is 0 Å². The zero-order valence-electron chi connectivity index (χ0n) is 18.1. The van der Waals surface area contributed by atoms with E-state index in [-0.39, 0.29) is 28.9 Å². The number of nitrogens with one attached hydrogen (secondary N) is 1. The number of nitrogens with two attached hydrogens (primary N) is 2. The molecule has 0 spiro atoms. The molecule has 1 aromatic rings. The molecule has 3 aliphatic carbocycles. The number of carbonyl (C=O) groups is 3. The minimum absolute atomic E-state index is 0.00126. The van der Waals surface area contributed by atoms with Gasteiger partial charge in [0.25, 0.3) is 5.91 Å². The summed E-state index contributed by atoms with van der Waals surface area (Å²) in [7, 11) is 2.89. The average molecular weight is 473 g/mol. The third-order valence-electron chi connectivity index (χ3n) is 6.94. The van der Waals surface area contributed by atoms with E-state index in [0.717, 1.165) is 0 Å². The number of Topliss-reactive ketones (excluding diaryl/α,β-unsaturated/α-hetero) is 2. The Morgan fingerprint density at radius 1 is 1.26 bits per heavy atom. The van der Waals surface area contributed by atoms with Crippen molar-refractivity contribution >= 4 is 28.8 Å². The number of anilines is 1. The van der Waals surface area contributed by atoms with E-state index in [4.69, 9.17) is 17.0 Å². The maximum Gasteiger partial charge on any atom is 0.255 e. The highest BCUT2D eigenvalue weighted by atomic mass is 16.4. The quantitative estimate of drug-likeness (QED) is 0.119. The Morgan fingerprint density at radius 3 is 2.41 bits per heavy atom. The second kappa shape index (κ2) is 7.35. The van der Waals surface area contributed by atoms with E-state index in [1.807, 2.05) is 0 Å². The first kappa shape index (κ1) is 23.4. The van der Waals surface area contributed by atoms with Gasteiger partial charge in [0, 0.05) is 17.2 Å². The molecule has 2 unspecified atom stereocenters. The van der Waals surface area contributed by atoms with Gasteiger partial charge in [-0.25, -0.2) is 5.53 Å². The normalized spacial score (nSPS) is 30.7. The summed E-state index contributed by atoms with van der Waals surface area (Å²) in [6.07, 6.45) is -1.88. The molecule has 4 rings (SSSR count). The van der Waals surface area contributed by atoms with E-state index in [2.05, 4.69) is 5.11 Å².